The van der Waals surface area contributed by atoms with Crippen LogP contribution in [0, 0.1) is 0 Å². The van der Waals surface area contributed by atoms with Crippen LogP contribution in [-0.4, -0.2) is 15.8 Å². The quantitative estimate of drug-likeness (QED) is 0.101. The molecule has 0 bridgehead atoms. The monoisotopic (exact) mass is 1220 g/mol. The molecule has 95 heavy (non-hydrogen) atoms. The summed E-state index contributed by atoms with van der Waals surface area (Å²) in [4.78, 5) is 5.42. The molecule has 0 atom stereocenters. The molecule has 2 aromatic heterocycles. The molecule has 0 amide bonds. The molecule has 0 saturated carbocycles. The number of fused-ring (bicyclic) bond motifs is 10. The molecule has 2 aliphatic rings. The molecule has 0 saturated heterocycles. The van der Waals surface area contributed by atoms with Gasteiger partial charge < -0.3 is 18.9 Å². The summed E-state index contributed by atoms with van der Waals surface area (Å²) in [7, 11) is 0. The number of aromatic nitrogens is 2. The molecule has 17 rings (SSSR count). The molecule has 15 aromatic rings. The van der Waals surface area contributed by atoms with Crippen molar-refractivity contribution in [3.8, 4) is 55.9 Å². The van der Waals surface area contributed by atoms with E-state index in [9.17, 15) is 0 Å². The van der Waals surface area contributed by atoms with E-state index in [-0.39, 0.29) is 12.1 Å². The highest BCUT2D eigenvalue weighted by atomic mass is 15.2. The number of rotatable bonds is 14. The number of nitrogens with zero attached hydrogens (tertiary/aromatic N) is 4. The van der Waals surface area contributed by atoms with Crippen molar-refractivity contribution in [3.63, 3.8) is 0 Å². The smallest absolute Gasteiger partial charge is 0.252 e. The predicted molar refractivity (Wildman–Crippen MR) is 407 cm³/mol. The second-order valence-corrected chi connectivity index (χ2v) is 27.3. The fourth-order valence-corrected chi connectivity index (χ4v) is 15.7. The molecule has 2 aliphatic heterocycles. The summed E-state index contributed by atoms with van der Waals surface area (Å²) in [5.74, 6) is 0. The maximum atomic E-state index is 2.71. The first-order valence-corrected chi connectivity index (χ1v) is 34.3. The average Bonchev–Trinajstić information content (AvgIpc) is 1.00. The van der Waals surface area contributed by atoms with Crippen molar-refractivity contribution in [2.24, 2.45) is 0 Å². The van der Waals surface area contributed by atoms with Gasteiger partial charge in [0.15, 0.2) is 0 Å². The van der Waals surface area contributed by atoms with Crippen molar-refractivity contribution in [3.05, 3.63) is 308 Å². The van der Waals surface area contributed by atoms with Crippen LogP contribution in [0.3, 0.4) is 0 Å². The van der Waals surface area contributed by atoms with E-state index in [1.54, 1.807) is 0 Å². The molecule has 4 heterocycles. The maximum absolute atomic E-state index is 2.71. The molecule has 4 nitrogen and oxygen atoms in total. The van der Waals surface area contributed by atoms with Crippen LogP contribution in [0.25, 0.3) is 99.5 Å². The van der Waals surface area contributed by atoms with Gasteiger partial charge in [0, 0.05) is 67.0 Å². The van der Waals surface area contributed by atoms with Crippen molar-refractivity contribution in [2.45, 2.75) is 78.6 Å². The number of hydrogen-bond donors (Lipinski definition) is 0. The van der Waals surface area contributed by atoms with Gasteiger partial charge in [0.25, 0.3) is 6.71 Å². The van der Waals surface area contributed by atoms with Gasteiger partial charge >= 0.3 is 0 Å². The van der Waals surface area contributed by atoms with Crippen LogP contribution in [0.4, 0.5) is 34.1 Å². The van der Waals surface area contributed by atoms with Crippen molar-refractivity contribution < 1.29 is 0 Å². The minimum Gasteiger partial charge on any atom is -0.311 e. The molecule has 5 heteroatoms. The van der Waals surface area contributed by atoms with Gasteiger partial charge in [0.2, 0.25) is 0 Å². The van der Waals surface area contributed by atoms with Crippen LogP contribution in [-0.2, 0) is 18.3 Å². The summed E-state index contributed by atoms with van der Waals surface area (Å²) in [5, 5.41) is 4.97. The van der Waals surface area contributed by atoms with Crippen LogP contribution >= 0.6 is 0 Å². The van der Waals surface area contributed by atoms with Crippen molar-refractivity contribution >= 4 is 101 Å². The molecule has 0 unspecified atom stereocenters. The highest BCUT2D eigenvalue weighted by Gasteiger charge is 2.45. The van der Waals surface area contributed by atoms with E-state index in [4.69, 9.17) is 0 Å². The Morgan fingerprint density at radius 2 is 0.653 bits per heavy atom. The lowest BCUT2D eigenvalue weighted by Crippen LogP contribution is -2.61. The highest BCUT2D eigenvalue weighted by Crippen LogP contribution is 2.50. The summed E-state index contributed by atoms with van der Waals surface area (Å²) in [6, 6.07) is 110. The molecule has 458 valence electrons. The van der Waals surface area contributed by atoms with Gasteiger partial charge in [-0.1, -0.05) is 242 Å². The number of unbranched alkanes of at least 4 members (excludes halogenated alkanes) is 2. The van der Waals surface area contributed by atoms with E-state index in [2.05, 4.69) is 345 Å². The number of para-hydroxylation sites is 2. The molecule has 0 fully saturated rings. The summed E-state index contributed by atoms with van der Waals surface area (Å²) >= 11 is 0. The zero-order valence-corrected chi connectivity index (χ0v) is 54.8. The van der Waals surface area contributed by atoms with E-state index in [0.717, 1.165) is 49.9 Å². The van der Waals surface area contributed by atoms with Crippen molar-refractivity contribution in [1.29, 1.82) is 0 Å². The van der Waals surface area contributed by atoms with Crippen molar-refractivity contribution in [1.82, 2.24) is 9.13 Å². The van der Waals surface area contributed by atoms with Crippen LogP contribution in [0.1, 0.15) is 77.0 Å². The number of aryl methyl sites for hydroxylation is 2. The topological polar surface area (TPSA) is 16.3 Å². The molecular weight excluding hydrogens is 1150 g/mol. The molecule has 0 N–H and O–H groups in total. The van der Waals surface area contributed by atoms with E-state index in [0.29, 0.717) is 0 Å². The Kier molecular flexibility index (Phi) is 14.4. The van der Waals surface area contributed by atoms with Crippen LogP contribution < -0.4 is 26.2 Å². The Bertz CT molecular complexity index is 5110. The highest BCUT2D eigenvalue weighted by molar-refractivity contribution is 7.00. The van der Waals surface area contributed by atoms with E-state index >= 15 is 0 Å². The Hall–Kier alpha value is -10.9. The van der Waals surface area contributed by atoms with Crippen LogP contribution in [0.15, 0.2) is 291 Å². The standard InChI is InChI=1S/C90H75BN4/c1-6-8-26-68-52-64(60-28-14-10-15-29-60)40-48-79(68)94-85-58-71(92-81-38-24-22-36-73(81)75-54-66(42-50-83(75)92)62-32-18-12-19-33-62)44-46-77(85)91-78-47-45-72(93-82-39-25-23-37-74(82)76-55-67(43-51-84(76)93)63-34-20-13-21-35-63)59-86(78)95(88-57-70(90(3,4)5)56-87(94)89(88)91)80-49-41-65(53-69(80)27-9-7-2)61-30-16-11-17-31-61/h10-25,28-59H,6-9,26-27H2,1-5H3. The van der Waals surface area contributed by atoms with Crippen LogP contribution in [0.2, 0.25) is 0 Å². The molecule has 0 radical (unpaired) electrons. The molecular formula is C90H75BN4. The van der Waals surface area contributed by atoms with Gasteiger partial charge in [0.1, 0.15) is 0 Å². The minimum absolute atomic E-state index is 0.127. The SMILES string of the molecule is CCCCc1cc(-c2ccccc2)ccc1N1c2cc(-n3c4ccccc4c4cc(-c5ccccc5)ccc43)ccc2B2c3ccc(-n4c5ccccc5c5cc(-c6ccccc6)ccc54)cc3N(c3ccc(-c4ccccc4)cc3CCCC)c3cc(C(C)(C)C)cc1c32. The zero-order valence-electron chi connectivity index (χ0n) is 54.8. The average molecular weight is 1220 g/mol. The maximum Gasteiger partial charge on any atom is 0.252 e. The third-order valence-electron chi connectivity index (χ3n) is 20.4. The Morgan fingerprint density at radius 3 is 1.04 bits per heavy atom. The molecule has 13 aromatic carbocycles. The predicted octanol–water partition coefficient (Wildman–Crippen LogP) is 22.6. The van der Waals surface area contributed by atoms with Gasteiger partial charge in [-0.25, -0.2) is 0 Å². The third kappa shape index (κ3) is 9.90. The lowest BCUT2D eigenvalue weighted by Gasteiger charge is -2.46. The number of hydrogen-bond acceptors (Lipinski definition) is 2. The van der Waals surface area contributed by atoms with Crippen molar-refractivity contribution in [2.75, 3.05) is 9.80 Å². The van der Waals surface area contributed by atoms with E-state index in [1.165, 1.54) is 155 Å². The van der Waals surface area contributed by atoms with Gasteiger partial charge in [0.05, 0.1) is 22.1 Å². The zero-order chi connectivity index (χ0) is 63.9. The number of benzene rings is 13. The fourth-order valence-electron chi connectivity index (χ4n) is 15.7. The Morgan fingerprint density at radius 1 is 0.295 bits per heavy atom. The largest absolute Gasteiger partial charge is 0.311 e. The minimum atomic E-state index is -0.226. The molecule has 0 aliphatic carbocycles. The first-order chi connectivity index (χ1) is 46.7. The second-order valence-electron chi connectivity index (χ2n) is 27.3. The van der Waals surface area contributed by atoms with Gasteiger partial charge in [-0.05, 0) is 206 Å². The van der Waals surface area contributed by atoms with Gasteiger partial charge in [-0.15, -0.1) is 0 Å². The Labute approximate surface area is 558 Å². The van der Waals surface area contributed by atoms with E-state index in [1.807, 2.05) is 0 Å². The second kappa shape index (κ2) is 23.6. The first-order valence-electron chi connectivity index (χ1n) is 34.3. The third-order valence-corrected chi connectivity index (χ3v) is 20.4. The first kappa shape index (κ1) is 58.0. The number of anilines is 6. The lowest BCUT2D eigenvalue weighted by atomic mass is 9.33. The summed E-state index contributed by atoms with van der Waals surface area (Å²) in [6.45, 7) is 11.7. The normalized spacial score (nSPS) is 12.7. The van der Waals surface area contributed by atoms with Gasteiger partial charge in [-0.3, -0.25) is 0 Å². The Balaban J connectivity index is 0.963. The molecule has 0 spiro atoms. The van der Waals surface area contributed by atoms with Crippen LogP contribution in [0.5, 0.6) is 0 Å². The summed E-state index contributed by atoms with van der Waals surface area (Å²) < 4.78 is 5.05. The summed E-state index contributed by atoms with van der Waals surface area (Å²) in [6.07, 6.45) is 6.22. The van der Waals surface area contributed by atoms with E-state index < -0.39 is 0 Å². The van der Waals surface area contributed by atoms with Gasteiger partial charge in [-0.2, -0.15) is 0 Å². The summed E-state index contributed by atoms with van der Waals surface area (Å²) in [5.41, 5.74) is 31.8. The fraction of sp³-hybridized carbons (Fsp3) is 0.133. The lowest BCUT2D eigenvalue weighted by molar-refractivity contribution is 0.590.